The second-order valence-corrected chi connectivity index (χ2v) is 8.05. The Bertz CT molecular complexity index is 855. The molecule has 1 atom stereocenters. The predicted molar refractivity (Wildman–Crippen MR) is 122 cm³/mol. The predicted octanol–water partition coefficient (Wildman–Crippen LogP) is 4.45. The van der Waals surface area contributed by atoms with Crippen LogP contribution in [0.15, 0.2) is 48.5 Å². The Morgan fingerprint density at radius 2 is 1.74 bits per heavy atom. The molecule has 0 bridgehead atoms. The standard InChI is InChI=1S/C24H31ClN2O4/c1-17(2)26-24(29)18(3)27(16-19-7-5-8-20(25)15-19)23(28)9-6-14-31-22-12-10-21(30-4)11-13-22/h5,7-8,10-13,15,17-18H,6,9,14,16H2,1-4H3,(H,26,29)/t18-/m1/s1. The topological polar surface area (TPSA) is 67.9 Å². The quantitative estimate of drug-likeness (QED) is 0.518. The summed E-state index contributed by atoms with van der Waals surface area (Å²) in [5.74, 6) is 1.19. The average molecular weight is 447 g/mol. The molecule has 2 amide bonds. The maximum absolute atomic E-state index is 13.0. The largest absolute Gasteiger partial charge is 0.497 e. The molecule has 1 N–H and O–H groups in total. The number of nitrogens with zero attached hydrogens (tertiary/aromatic N) is 1. The molecular formula is C24H31ClN2O4. The first-order chi connectivity index (χ1) is 14.8. The number of halogens is 1. The number of hydrogen-bond acceptors (Lipinski definition) is 4. The molecule has 168 valence electrons. The van der Waals surface area contributed by atoms with Gasteiger partial charge >= 0.3 is 0 Å². The second-order valence-electron chi connectivity index (χ2n) is 7.62. The molecule has 31 heavy (non-hydrogen) atoms. The van der Waals surface area contributed by atoms with E-state index in [1.165, 1.54) is 0 Å². The minimum Gasteiger partial charge on any atom is -0.497 e. The minimum absolute atomic E-state index is 0.00373. The van der Waals surface area contributed by atoms with E-state index in [1.807, 2.05) is 56.3 Å². The van der Waals surface area contributed by atoms with Gasteiger partial charge in [0.2, 0.25) is 11.8 Å². The van der Waals surface area contributed by atoms with Crippen LogP contribution < -0.4 is 14.8 Å². The number of amides is 2. The van der Waals surface area contributed by atoms with Crippen molar-refractivity contribution in [3.05, 3.63) is 59.1 Å². The number of rotatable bonds is 11. The highest BCUT2D eigenvalue weighted by Gasteiger charge is 2.26. The van der Waals surface area contributed by atoms with E-state index in [-0.39, 0.29) is 24.3 Å². The lowest BCUT2D eigenvalue weighted by Gasteiger charge is -2.29. The van der Waals surface area contributed by atoms with Gasteiger partial charge in [-0.25, -0.2) is 0 Å². The van der Waals surface area contributed by atoms with Gasteiger partial charge in [0.1, 0.15) is 17.5 Å². The number of hydrogen-bond donors (Lipinski definition) is 1. The first-order valence-corrected chi connectivity index (χ1v) is 10.8. The summed E-state index contributed by atoms with van der Waals surface area (Å²) in [6, 6.07) is 14.0. The van der Waals surface area contributed by atoms with Crippen molar-refractivity contribution in [2.75, 3.05) is 13.7 Å². The summed E-state index contributed by atoms with van der Waals surface area (Å²) in [5, 5.41) is 3.47. The lowest BCUT2D eigenvalue weighted by Crippen LogP contribution is -2.49. The van der Waals surface area contributed by atoms with Crippen molar-refractivity contribution in [3.63, 3.8) is 0 Å². The SMILES string of the molecule is COc1ccc(OCCCC(=O)N(Cc2cccc(Cl)c2)[C@H](C)C(=O)NC(C)C)cc1. The summed E-state index contributed by atoms with van der Waals surface area (Å²) >= 11 is 6.09. The molecule has 2 aromatic rings. The number of nitrogens with one attached hydrogen (secondary N) is 1. The highest BCUT2D eigenvalue weighted by molar-refractivity contribution is 6.30. The van der Waals surface area contributed by atoms with Gasteiger partial charge in [-0.2, -0.15) is 0 Å². The highest BCUT2D eigenvalue weighted by atomic mass is 35.5. The number of carbonyl (C=O) groups excluding carboxylic acids is 2. The van der Waals surface area contributed by atoms with Gasteiger partial charge in [-0.3, -0.25) is 9.59 Å². The summed E-state index contributed by atoms with van der Waals surface area (Å²) in [7, 11) is 1.61. The van der Waals surface area contributed by atoms with Crippen LogP contribution in [0.25, 0.3) is 0 Å². The molecule has 0 heterocycles. The van der Waals surface area contributed by atoms with Crippen LogP contribution in [0.2, 0.25) is 5.02 Å². The van der Waals surface area contributed by atoms with Crippen molar-refractivity contribution >= 4 is 23.4 Å². The molecule has 0 saturated carbocycles. The molecule has 0 aliphatic rings. The fraction of sp³-hybridized carbons (Fsp3) is 0.417. The minimum atomic E-state index is -0.601. The van der Waals surface area contributed by atoms with Gasteiger partial charge in [-0.15, -0.1) is 0 Å². The van der Waals surface area contributed by atoms with E-state index >= 15 is 0 Å². The lowest BCUT2D eigenvalue weighted by molar-refractivity contribution is -0.141. The molecule has 6 nitrogen and oxygen atoms in total. The summed E-state index contributed by atoms with van der Waals surface area (Å²) in [6.45, 7) is 6.24. The molecule has 2 aromatic carbocycles. The van der Waals surface area contributed by atoms with Crippen LogP contribution in [0.5, 0.6) is 11.5 Å². The molecule has 7 heteroatoms. The molecule has 0 aromatic heterocycles. The third kappa shape index (κ3) is 8.13. The lowest BCUT2D eigenvalue weighted by atomic mass is 10.1. The highest BCUT2D eigenvalue weighted by Crippen LogP contribution is 2.18. The van der Waals surface area contributed by atoms with Crippen LogP contribution in [-0.4, -0.2) is 42.5 Å². The third-order valence-corrected chi connectivity index (χ3v) is 4.94. The maximum atomic E-state index is 13.0. The Balaban J connectivity index is 1.98. The molecule has 0 fully saturated rings. The first kappa shape index (κ1) is 24.5. The van der Waals surface area contributed by atoms with E-state index in [9.17, 15) is 9.59 Å². The molecule has 0 spiro atoms. The molecule has 0 radical (unpaired) electrons. The maximum Gasteiger partial charge on any atom is 0.242 e. The zero-order valence-electron chi connectivity index (χ0n) is 18.6. The van der Waals surface area contributed by atoms with E-state index in [1.54, 1.807) is 25.0 Å². The Kier molecular flexibility index (Phi) is 9.66. The fourth-order valence-electron chi connectivity index (χ4n) is 3.05. The zero-order valence-corrected chi connectivity index (χ0v) is 19.3. The van der Waals surface area contributed by atoms with Crippen LogP contribution in [-0.2, 0) is 16.1 Å². The van der Waals surface area contributed by atoms with Gasteiger partial charge in [0, 0.05) is 24.0 Å². The number of methoxy groups -OCH3 is 1. The average Bonchev–Trinajstić information content (AvgIpc) is 2.74. The van der Waals surface area contributed by atoms with Gasteiger partial charge in [-0.05, 0) is 69.2 Å². The number of benzene rings is 2. The van der Waals surface area contributed by atoms with Gasteiger partial charge in [-0.1, -0.05) is 23.7 Å². The molecule has 0 aliphatic heterocycles. The van der Waals surface area contributed by atoms with Crippen LogP contribution in [0.3, 0.4) is 0 Å². The zero-order chi connectivity index (χ0) is 22.8. The second kappa shape index (κ2) is 12.2. The van der Waals surface area contributed by atoms with Crippen LogP contribution >= 0.6 is 11.6 Å². The molecular weight excluding hydrogens is 416 g/mol. The van der Waals surface area contributed by atoms with Crippen molar-refractivity contribution in [1.29, 1.82) is 0 Å². The summed E-state index contributed by atoms with van der Waals surface area (Å²) in [6.07, 6.45) is 0.811. The van der Waals surface area contributed by atoms with E-state index < -0.39 is 6.04 Å². The Labute approximate surface area is 189 Å². The third-order valence-electron chi connectivity index (χ3n) is 4.70. The monoisotopic (exact) mass is 446 g/mol. The van der Waals surface area contributed by atoms with Crippen molar-refractivity contribution in [2.24, 2.45) is 0 Å². The van der Waals surface area contributed by atoms with Gasteiger partial charge in [0.05, 0.1) is 13.7 Å². The van der Waals surface area contributed by atoms with Gasteiger partial charge in [0.25, 0.3) is 0 Å². The van der Waals surface area contributed by atoms with Crippen LogP contribution in [0.1, 0.15) is 39.2 Å². The van der Waals surface area contributed by atoms with Crippen molar-refractivity contribution in [2.45, 2.75) is 52.2 Å². The van der Waals surface area contributed by atoms with Crippen molar-refractivity contribution < 1.29 is 19.1 Å². The summed E-state index contributed by atoms with van der Waals surface area (Å²) in [5.41, 5.74) is 0.875. The van der Waals surface area contributed by atoms with Gasteiger partial charge < -0.3 is 19.7 Å². The van der Waals surface area contributed by atoms with Crippen LogP contribution in [0.4, 0.5) is 0 Å². The normalized spacial score (nSPS) is 11.7. The van der Waals surface area contributed by atoms with Crippen molar-refractivity contribution in [1.82, 2.24) is 10.2 Å². The molecule has 2 rings (SSSR count). The van der Waals surface area contributed by atoms with E-state index in [2.05, 4.69) is 5.32 Å². The number of ether oxygens (including phenoxy) is 2. The summed E-state index contributed by atoms with van der Waals surface area (Å²) < 4.78 is 10.8. The first-order valence-electron chi connectivity index (χ1n) is 10.4. The molecule has 0 aliphatic carbocycles. The van der Waals surface area contributed by atoms with Crippen LogP contribution in [0, 0.1) is 0 Å². The Morgan fingerprint density at radius 1 is 1.06 bits per heavy atom. The molecule has 0 saturated heterocycles. The van der Waals surface area contributed by atoms with E-state index in [0.717, 1.165) is 11.3 Å². The smallest absolute Gasteiger partial charge is 0.242 e. The van der Waals surface area contributed by atoms with E-state index in [0.29, 0.717) is 30.3 Å². The summed E-state index contributed by atoms with van der Waals surface area (Å²) in [4.78, 5) is 27.2. The fourth-order valence-corrected chi connectivity index (χ4v) is 3.26. The van der Waals surface area contributed by atoms with Gasteiger partial charge in [0.15, 0.2) is 0 Å². The van der Waals surface area contributed by atoms with E-state index in [4.69, 9.17) is 21.1 Å². The van der Waals surface area contributed by atoms with Crippen molar-refractivity contribution in [3.8, 4) is 11.5 Å². The Morgan fingerprint density at radius 3 is 2.35 bits per heavy atom. The number of carbonyl (C=O) groups is 2. The Hall–Kier alpha value is -2.73. The molecule has 0 unspecified atom stereocenters.